The first kappa shape index (κ1) is 14.5. The molecule has 0 aliphatic heterocycles. The van der Waals surface area contributed by atoms with E-state index >= 15 is 0 Å². The fourth-order valence-corrected chi connectivity index (χ4v) is 2.09. The topological polar surface area (TPSA) is 98.2 Å². The molecule has 0 aliphatic rings. The van der Waals surface area contributed by atoms with Crippen LogP contribution in [0.15, 0.2) is 6.20 Å². The monoisotopic (exact) mass is 271 g/mol. The van der Waals surface area contributed by atoms with E-state index in [4.69, 9.17) is 5.73 Å². The van der Waals surface area contributed by atoms with E-state index in [9.17, 15) is 10.1 Å². The van der Waals surface area contributed by atoms with Crippen molar-refractivity contribution in [3.63, 3.8) is 0 Å². The van der Waals surface area contributed by atoms with E-state index in [1.807, 2.05) is 30.6 Å². The predicted molar refractivity (Wildman–Crippen MR) is 74.0 cm³/mol. The molecule has 0 aliphatic carbocycles. The molecule has 0 fully saturated rings. The van der Waals surface area contributed by atoms with Gasteiger partial charge in [0.1, 0.15) is 6.20 Å². The molecule has 100 valence electrons. The number of rotatable bonds is 6. The molecule has 2 N–H and O–H groups in total. The van der Waals surface area contributed by atoms with E-state index in [2.05, 4.69) is 16.9 Å². The van der Waals surface area contributed by atoms with Crippen LogP contribution in [0.3, 0.4) is 0 Å². The molecule has 1 aromatic heterocycles. The Hall–Kier alpha value is -1.57. The van der Waals surface area contributed by atoms with Crippen molar-refractivity contribution in [3.8, 4) is 0 Å². The van der Waals surface area contributed by atoms with Crippen LogP contribution in [0.2, 0.25) is 0 Å². The van der Waals surface area contributed by atoms with Crippen molar-refractivity contribution >= 4 is 29.2 Å². The van der Waals surface area contributed by atoms with Gasteiger partial charge in [0.25, 0.3) is 0 Å². The molecular weight excluding hydrogens is 254 g/mol. The van der Waals surface area contributed by atoms with Gasteiger partial charge in [0.15, 0.2) is 0 Å². The van der Waals surface area contributed by atoms with Crippen molar-refractivity contribution in [2.24, 2.45) is 0 Å². The highest BCUT2D eigenvalue weighted by molar-refractivity contribution is 7.99. The maximum absolute atomic E-state index is 10.6. The first-order valence-electron chi connectivity index (χ1n) is 5.54. The number of nitro groups is 1. The standard InChI is InChI=1S/C10H17N5O2S/c1-4-18-6-7(2)14(3)10-12-5-8(15(16)17)9(11)13-10/h5,7H,4,6H2,1-3H3,(H2,11,12,13)/t7-/m0/s1. The van der Waals surface area contributed by atoms with Crippen molar-refractivity contribution in [2.75, 3.05) is 29.2 Å². The van der Waals surface area contributed by atoms with Gasteiger partial charge in [-0.3, -0.25) is 10.1 Å². The first-order valence-corrected chi connectivity index (χ1v) is 6.70. The van der Waals surface area contributed by atoms with Crippen LogP contribution in [0.5, 0.6) is 0 Å². The fraction of sp³-hybridized carbons (Fsp3) is 0.600. The fourth-order valence-electron chi connectivity index (χ4n) is 1.29. The average Bonchev–Trinajstić information content (AvgIpc) is 2.34. The summed E-state index contributed by atoms with van der Waals surface area (Å²) in [5, 5.41) is 10.6. The minimum Gasteiger partial charge on any atom is -0.378 e. The van der Waals surface area contributed by atoms with E-state index in [0.29, 0.717) is 5.95 Å². The maximum atomic E-state index is 10.6. The Morgan fingerprint density at radius 3 is 2.83 bits per heavy atom. The van der Waals surface area contributed by atoms with Gasteiger partial charge in [0.2, 0.25) is 11.8 Å². The number of thioether (sulfide) groups is 1. The molecule has 0 bridgehead atoms. The molecule has 1 rings (SSSR count). The highest BCUT2D eigenvalue weighted by Gasteiger charge is 2.18. The number of nitrogen functional groups attached to an aromatic ring is 1. The zero-order valence-corrected chi connectivity index (χ0v) is 11.5. The quantitative estimate of drug-likeness (QED) is 0.619. The normalized spacial score (nSPS) is 12.2. The number of nitrogens with two attached hydrogens (primary N) is 1. The molecule has 0 spiro atoms. The van der Waals surface area contributed by atoms with Crippen molar-refractivity contribution in [1.82, 2.24) is 9.97 Å². The number of hydrogen-bond acceptors (Lipinski definition) is 7. The van der Waals surface area contributed by atoms with Crippen molar-refractivity contribution < 1.29 is 4.92 Å². The van der Waals surface area contributed by atoms with Crippen LogP contribution < -0.4 is 10.6 Å². The maximum Gasteiger partial charge on any atom is 0.329 e. The minimum atomic E-state index is -0.588. The zero-order chi connectivity index (χ0) is 13.7. The highest BCUT2D eigenvalue weighted by atomic mass is 32.2. The third-order valence-corrected chi connectivity index (χ3v) is 3.65. The molecule has 18 heavy (non-hydrogen) atoms. The summed E-state index contributed by atoms with van der Waals surface area (Å²) >= 11 is 1.81. The molecule has 1 atom stereocenters. The second-order valence-corrected chi connectivity index (χ2v) is 5.14. The Labute approximate surface area is 110 Å². The van der Waals surface area contributed by atoms with Gasteiger partial charge in [0.05, 0.1) is 4.92 Å². The number of aromatic nitrogens is 2. The van der Waals surface area contributed by atoms with Gasteiger partial charge in [-0.05, 0) is 12.7 Å². The summed E-state index contributed by atoms with van der Waals surface area (Å²) in [6.07, 6.45) is 1.15. The zero-order valence-electron chi connectivity index (χ0n) is 10.7. The van der Waals surface area contributed by atoms with Crippen LogP contribution in [-0.4, -0.2) is 39.5 Å². The predicted octanol–water partition coefficient (Wildman–Crippen LogP) is 1.54. The van der Waals surface area contributed by atoms with E-state index < -0.39 is 4.92 Å². The molecule has 1 heterocycles. The third kappa shape index (κ3) is 3.46. The molecule has 0 saturated carbocycles. The largest absolute Gasteiger partial charge is 0.378 e. The molecule has 0 unspecified atom stereocenters. The smallest absolute Gasteiger partial charge is 0.329 e. The molecule has 0 saturated heterocycles. The summed E-state index contributed by atoms with van der Waals surface area (Å²) in [6.45, 7) is 4.14. The van der Waals surface area contributed by atoms with Gasteiger partial charge < -0.3 is 10.6 Å². The third-order valence-electron chi connectivity index (χ3n) is 2.52. The van der Waals surface area contributed by atoms with Gasteiger partial charge in [-0.25, -0.2) is 4.98 Å². The molecule has 1 aromatic rings. The van der Waals surface area contributed by atoms with Gasteiger partial charge >= 0.3 is 5.69 Å². The summed E-state index contributed by atoms with van der Waals surface area (Å²) in [4.78, 5) is 19.8. The Bertz CT molecular complexity index is 429. The highest BCUT2D eigenvalue weighted by Crippen LogP contribution is 2.21. The van der Waals surface area contributed by atoms with Crippen LogP contribution in [-0.2, 0) is 0 Å². The Balaban J connectivity index is 2.83. The SMILES string of the molecule is CCSC[C@H](C)N(C)c1ncc([N+](=O)[O-])c(N)n1. The summed E-state index contributed by atoms with van der Waals surface area (Å²) in [6, 6.07) is 0.232. The Morgan fingerprint density at radius 2 is 2.33 bits per heavy atom. The van der Waals surface area contributed by atoms with Crippen LogP contribution in [0.4, 0.5) is 17.5 Å². The Kier molecular flexibility index (Phi) is 5.14. The molecule has 0 amide bonds. The lowest BCUT2D eigenvalue weighted by Gasteiger charge is -2.24. The van der Waals surface area contributed by atoms with E-state index in [1.165, 1.54) is 0 Å². The Morgan fingerprint density at radius 1 is 1.67 bits per heavy atom. The first-order chi connectivity index (χ1) is 8.47. The summed E-state index contributed by atoms with van der Waals surface area (Å²) in [7, 11) is 1.85. The van der Waals surface area contributed by atoms with Gasteiger partial charge in [-0.1, -0.05) is 6.92 Å². The lowest BCUT2D eigenvalue weighted by molar-refractivity contribution is -0.384. The van der Waals surface area contributed by atoms with Crippen molar-refractivity contribution in [3.05, 3.63) is 16.3 Å². The number of hydrogen-bond donors (Lipinski definition) is 1. The van der Waals surface area contributed by atoms with Gasteiger partial charge in [-0.2, -0.15) is 16.7 Å². The van der Waals surface area contributed by atoms with E-state index in [0.717, 1.165) is 17.7 Å². The molecule has 0 radical (unpaired) electrons. The number of nitrogens with zero attached hydrogens (tertiary/aromatic N) is 4. The summed E-state index contributed by atoms with van der Waals surface area (Å²) < 4.78 is 0. The van der Waals surface area contributed by atoms with Crippen LogP contribution in [0.25, 0.3) is 0 Å². The molecule has 8 heteroatoms. The summed E-state index contributed by atoms with van der Waals surface area (Å²) in [5.41, 5.74) is 5.27. The van der Waals surface area contributed by atoms with Crippen molar-refractivity contribution in [1.29, 1.82) is 0 Å². The minimum absolute atomic E-state index is 0.104. The van der Waals surface area contributed by atoms with E-state index in [-0.39, 0.29) is 17.5 Å². The van der Waals surface area contributed by atoms with Crippen LogP contribution in [0.1, 0.15) is 13.8 Å². The second-order valence-electron chi connectivity index (χ2n) is 3.82. The molecule has 0 aromatic carbocycles. The number of anilines is 2. The molecular formula is C10H17N5O2S. The second kappa shape index (κ2) is 6.39. The van der Waals surface area contributed by atoms with Crippen molar-refractivity contribution in [2.45, 2.75) is 19.9 Å². The van der Waals surface area contributed by atoms with Crippen LogP contribution >= 0.6 is 11.8 Å². The van der Waals surface area contributed by atoms with Gasteiger partial charge in [-0.15, -0.1) is 0 Å². The van der Waals surface area contributed by atoms with Gasteiger partial charge in [0, 0.05) is 18.8 Å². The lowest BCUT2D eigenvalue weighted by Crippen LogP contribution is -2.32. The lowest BCUT2D eigenvalue weighted by atomic mass is 10.3. The summed E-state index contributed by atoms with van der Waals surface area (Å²) in [5.74, 6) is 2.28. The average molecular weight is 271 g/mol. The van der Waals surface area contributed by atoms with Crippen LogP contribution in [0, 0.1) is 10.1 Å². The molecule has 7 nitrogen and oxygen atoms in total. The van der Waals surface area contributed by atoms with E-state index in [1.54, 1.807) is 0 Å².